The van der Waals surface area contributed by atoms with Crippen LogP contribution in [0.1, 0.15) is 6.92 Å². The van der Waals surface area contributed by atoms with Gasteiger partial charge in [-0.05, 0) is 6.92 Å². The summed E-state index contributed by atoms with van der Waals surface area (Å²) < 4.78 is 0. The van der Waals surface area contributed by atoms with Crippen LogP contribution in [-0.4, -0.2) is 40.6 Å². The molecule has 0 aliphatic carbocycles. The zero-order valence-electron chi connectivity index (χ0n) is 3.51. The maximum atomic E-state index is 9.51. The van der Waals surface area contributed by atoms with Gasteiger partial charge in [0.25, 0.3) is 0 Å². The maximum absolute atomic E-state index is 9.51. The van der Waals surface area contributed by atoms with Crippen molar-refractivity contribution in [2.75, 3.05) is 0 Å². The van der Waals surface area contributed by atoms with Crippen molar-refractivity contribution in [3.63, 3.8) is 0 Å². The van der Waals surface area contributed by atoms with E-state index in [1.165, 1.54) is 6.08 Å². The van der Waals surface area contributed by atoms with Gasteiger partial charge < -0.3 is 5.11 Å². The molecular weight excluding hydrogens is 103 g/mol. The number of allylic oxidation sites excluding steroid dienone is 1. The molecule has 0 aromatic heterocycles. The van der Waals surface area contributed by atoms with Crippen LogP contribution in [-0.2, 0) is 4.79 Å². The summed E-state index contributed by atoms with van der Waals surface area (Å²) >= 11 is 0. The first kappa shape index (κ1) is 10.2. The molecule has 0 radical (unpaired) electrons. The first-order chi connectivity index (χ1) is 2.77. The monoisotopic (exact) mass is 110 g/mol. The molecule has 1 N–H and O–H groups in total. The van der Waals surface area contributed by atoms with Gasteiger partial charge in [0.15, 0.2) is 0 Å². The van der Waals surface area contributed by atoms with Crippen LogP contribution in [0.3, 0.4) is 0 Å². The van der Waals surface area contributed by atoms with Crippen molar-refractivity contribution in [1.82, 2.24) is 0 Å². The molecule has 0 aliphatic heterocycles. The summed E-state index contributed by atoms with van der Waals surface area (Å²) in [5.41, 5.74) is 0. The number of hydrogen-bond donors (Lipinski definition) is 1. The number of carbonyl (C=O) groups is 1. The number of carboxylic acids is 1. The number of hydrogen-bond acceptors (Lipinski definition) is 1. The summed E-state index contributed by atoms with van der Waals surface area (Å²) in [6.45, 7) is 1.66. The van der Waals surface area contributed by atoms with Gasteiger partial charge in [-0.3, -0.25) is 0 Å². The third-order valence-electron chi connectivity index (χ3n) is 0.309. The third-order valence-corrected chi connectivity index (χ3v) is 0.309. The van der Waals surface area contributed by atoms with E-state index in [9.17, 15) is 4.79 Å². The van der Waals surface area contributed by atoms with Crippen molar-refractivity contribution >= 4 is 35.5 Å². The number of aliphatic carboxylic acids is 1. The molecule has 0 heterocycles. The Balaban J connectivity index is 0. The quantitative estimate of drug-likeness (QED) is 0.381. The van der Waals surface area contributed by atoms with Crippen LogP contribution in [0.4, 0.5) is 0 Å². The average molecular weight is 110 g/mol. The molecule has 0 rings (SSSR count). The Morgan fingerprint density at radius 3 is 2.14 bits per heavy atom. The molecule has 7 heavy (non-hydrogen) atoms. The Hall–Kier alpha value is 0.210. The number of rotatable bonds is 1. The van der Waals surface area contributed by atoms with E-state index in [2.05, 4.69) is 0 Å². The molecule has 3 heteroatoms. The molecule has 0 aromatic rings. The fraction of sp³-hybridized carbons (Fsp3) is 0.250. The molecule has 0 saturated heterocycles. The van der Waals surface area contributed by atoms with Gasteiger partial charge in [0.2, 0.25) is 0 Å². The first-order valence-electron chi connectivity index (χ1n) is 1.63. The Bertz CT molecular complexity index is 77.8. The van der Waals surface area contributed by atoms with Crippen LogP contribution >= 0.6 is 0 Å². The SMILES string of the molecule is CC=CC(=O)O.[NaH]. The van der Waals surface area contributed by atoms with Crippen molar-refractivity contribution < 1.29 is 9.90 Å². The van der Waals surface area contributed by atoms with Gasteiger partial charge in [0, 0.05) is 6.08 Å². The minimum absolute atomic E-state index is 0. The van der Waals surface area contributed by atoms with Crippen LogP contribution in [0.5, 0.6) is 0 Å². The molecule has 0 bridgehead atoms. The summed E-state index contributed by atoms with van der Waals surface area (Å²) in [5, 5.41) is 7.83. The van der Waals surface area contributed by atoms with Crippen LogP contribution in [0.15, 0.2) is 12.2 Å². The van der Waals surface area contributed by atoms with E-state index in [1.807, 2.05) is 0 Å². The van der Waals surface area contributed by atoms with Crippen molar-refractivity contribution in [3.8, 4) is 0 Å². The predicted octanol–water partition coefficient (Wildman–Crippen LogP) is -0.00140. The van der Waals surface area contributed by atoms with E-state index in [1.54, 1.807) is 6.92 Å². The second-order valence-electron chi connectivity index (χ2n) is 0.838. The Morgan fingerprint density at radius 1 is 1.71 bits per heavy atom. The second kappa shape index (κ2) is 6.21. The zero-order chi connectivity index (χ0) is 4.99. The summed E-state index contributed by atoms with van der Waals surface area (Å²) in [6.07, 6.45) is 2.56. The van der Waals surface area contributed by atoms with E-state index in [0.29, 0.717) is 0 Å². The molecule has 0 spiro atoms. The second-order valence-corrected chi connectivity index (χ2v) is 0.838. The van der Waals surface area contributed by atoms with Gasteiger partial charge in [-0.25, -0.2) is 4.79 Å². The van der Waals surface area contributed by atoms with E-state index in [0.717, 1.165) is 6.08 Å². The standard InChI is InChI=1S/C4H6O2.Na.H/c1-2-3-4(5)6;;/h2-3H,1H3,(H,5,6);;. The zero-order valence-corrected chi connectivity index (χ0v) is 3.51. The summed E-state index contributed by atoms with van der Waals surface area (Å²) in [5.74, 6) is -0.891. The molecule has 0 aromatic carbocycles. The molecule has 36 valence electrons. The van der Waals surface area contributed by atoms with Gasteiger partial charge in [0.1, 0.15) is 0 Å². The molecule has 0 saturated carbocycles. The molecule has 0 fully saturated rings. The average Bonchev–Trinajstić information content (AvgIpc) is 1.35. The Kier molecular flexibility index (Phi) is 9.09. The predicted molar refractivity (Wildman–Crippen MR) is 29.6 cm³/mol. The van der Waals surface area contributed by atoms with Crippen molar-refractivity contribution in [1.29, 1.82) is 0 Å². The van der Waals surface area contributed by atoms with E-state index < -0.39 is 5.97 Å². The summed E-state index contributed by atoms with van der Waals surface area (Å²) in [7, 11) is 0. The van der Waals surface area contributed by atoms with Crippen molar-refractivity contribution in [3.05, 3.63) is 12.2 Å². The fourth-order valence-electron chi connectivity index (χ4n) is 0.143. The molecule has 0 amide bonds. The number of carboxylic acid groups (broad SMARTS) is 1. The van der Waals surface area contributed by atoms with Crippen LogP contribution in [0.2, 0.25) is 0 Å². The molecule has 2 nitrogen and oxygen atoms in total. The van der Waals surface area contributed by atoms with Gasteiger partial charge in [-0.15, -0.1) is 0 Å². The van der Waals surface area contributed by atoms with E-state index in [4.69, 9.17) is 5.11 Å². The molecule has 0 aliphatic rings. The molecular formula is C4H7NaO2. The van der Waals surface area contributed by atoms with Crippen LogP contribution in [0.25, 0.3) is 0 Å². The van der Waals surface area contributed by atoms with E-state index in [-0.39, 0.29) is 29.6 Å². The van der Waals surface area contributed by atoms with Crippen molar-refractivity contribution in [2.45, 2.75) is 6.92 Å². The summed E-state index contributed by atoms with van der Waals surface area (Å²) in [4.78, 5) is 9.51. The van der Waals surface area contributed by atoms with Crippen molar-refractivity contribution in [2.24, 2.45) is 0 Å². The molecule has 0 unspecified atom stereocenters. The Morgan fingerprint density at radius 2 is 2.14 bits per heavy atom. The summed E-state index contributed by atoms with van der Waals surface area (Å²) in [6, 6.07) is 0. The van der Waals surface area contributed by atoms with Gasteiger partial charge in [-0.1, -0.05) is 6.08 Å². The van der Waals surface area contributed by atoms with Gasteiger partial charge in [0.05, 0.1) is 0 Å². The topological polar surface area (TPSA) is 37.3 Å². The van der Waals surface area contributed by atoms with Gasteiger partial charge in [-0.2, -0.15) is 0 Å². The van der Waals surface area contributed by atoms with Gasteiger partial charge >= 0.3 is 35.5 Å². The first-order valence-corrected chi connectivity index (χ1v) is 1.63. The van der Waals surface area contributed by atoms with E-state index >= 15 is 0 Å². The van der Waals surface area contributed by atoms with Crippen LogP contribution in [0, 0.1) is 0 Å². The van der Waals surface area contributed by atoms with Crippen LogP contribution < -0.4 is 0 Å². The fourth-order valence-corrected chi connectivity index (χ4v) is 0.143. The Labute approximate surface area is 64.5 Å². The minimum atomic E-state index is -0.891. The molecule has 0 atom stereocenters. The third kappa shape index (κ3) is 10.7. The normalized spacial score (nSPS) is 8.14.